The number of phenolic OH excluding ortho intramolecular Hbond substituents is 1. The van der Waals surface area contributed by atoms with Gasteiger partial charge < -0.3 is 15.8 Å². The van der Waals surface area contributed by atoms with Gasteiger partial charge in [0.2, 0.25) is 0 Å². The van der Waals surface area contributed by atoms with Gasteiger partial charge in [0.05, 0.1) is 5.69 Å². The number of rotatable bonds is 3. The first-order valence-corrected chi connectivity index (χ1v) is 8.36. The van der Waals surface area contributed by atoms with Crippen LogP contribution in [0.25, 0.3) is 22.2 Å². The zero-order valence-corrected chi connectivity index (χ0v) is 14.1. The third-order valence-corrected chi connectivity index (χ3v) is 4.57. The van der Waals surface area contributed by atoms with Crippen LogP contribution < -0.4 is 5.73 Å². The molecule has 1 aromatic heterocycles. The number of H-pyrrole nitrogens is 1. The number of benzene rings is 3. The van der Waals surface area contributed by atoms with Gasteiger partial charge >= 0.3 is 0 Å². The maximum Gasteiger partial charge on any atom is 0.124 e. The van der Waals surface area contributed by atoms with Gasteiger partial charge in [-0.15, -0.1) is 0 Å². The minimum atomic E-state index is 0.283. The Morgan fingerprint density at radius 2 is 1.80 bits per heavy atom. The monoisotopic (exact) mass is 328 g/mol. The van der Waals surface area contributed by atoms with Gasteiger partial charge in [-0.1, -0.05) is 42.0 Å². The van der Waals surface area contributed by atoms with Crippen molar-refractivity contribution in [1.82, 2.24) is 4.98 Å². The summed E-state index contributed by atoms with van der Waals surface area (Å²) in [5.74, 6) is 0.283. The van der Waals surface area contributed by atoms with Crippen LogP contribution in [0.2, 0.25) is 0 Å². The lowest BCUT2D eigenvalue weighted by Gasteiger charge is -2.09. The molecule has 4 rings (SSSR count). The molecular formula is C22H20N2O. The molecule has 4 N–H and O–H groups in total. The molecule has 124 valence electrons. The molecule has 0 aliphatic carbocycles. The van der Waals surface area contributed by atoms with Crippen molar-refractivity contribution in [1.29, 1.82) is 0 Å². The third kappa shape index (κ3) is 2.85. The fourth-order valence-corrected chi connectivity index (χ4v) is 3.37. The maximum atomic E-state index is 10.4. The normalized spacial score (nSPS) is 11.1. The number of aromatic amines is 1. The Morgan fingerprint density at radius 1 is 0.960 bits per heavy atom. The molecule has 4 aromatic rings. The summed E-state index contributed by atoms with van der Waals surface area (Å²) in [5.41, 5.74) is 13.0. The molecule has 0 fully saturated rings. The van der Waals surface area contributed by atoms with Crippen molar-refractivity contribution in [3.63, 3.8) is 0 Å². The van der Waals surface area contributed by atoms with E-state index in [2.05, 4.69) is 23.2 Å². The van der Waals surface area contributed by atoms with Crippen LogP contribution in [0, 0.1) is 6.92 Å². The first kappa shape index (κ1) is 15.3. The number of aryl methyl sites for hydroxylation is 1. The van der Waals surface area contributed by atoms with Crippen LogP contribution >= 0.6 is 0 Å². The zero-order chi connectivity index (χ0) is 17.4. The fourth-order valence-electron chi connectivity index (χ4n) is 3.37. The van der Waals surface area contributed by atoms with Crippen LogP contribution in [0.3, 0.4) is 0 Å². The van der Waals surface area contributed by atoms with Crippen molar-refractivity contribution >= 4 is 16.6 Å². The Morgan fingerprint density at radius 3 is 2.64 bits per heavy atom. The summed E-state index contributed by atoms with van der Waals surface area (Å²) in [6.07, 6.45) is 0.748. The summed E-state index contributed by atoms with van der Waals surface area (Å²) in [7, 11) is 0. The molecule has 25 heavy (non-hydrogen) atoms. The highest BCUT2D eigenvalue weighted by Crippen LogP contribution is 2.37. The van der Waals surface area contributed by atoms with Crippen LogP contribution in [0.4, 0.5) is 5.69 Å². The van der Waals surface area contributed by atoms with Crippen molar-refractivity contribution in [2.45, 2.75) is 13.3 Å². The van der Waals surface area contributed by atoms with Crippen molar-refractivity contribution in [3.05, 3.63) is 83.4 Å². The molecule has 0 aliphatic rings. The first-order valence-electron chi connectivity index (χ1n) is 8.36. The molecule has 0 saturated carbocycles. The summed E-state index contributed by atoms with van der Waals surface area (Å²) >= 11 is 0. The van der Waals surface area contributed by atoms with Crippen molar-refractivity contribution < 1.29 is 5.11 Å². The fraction of sp³-hybridized carbons (Fsp3) is 0.0909. The summed E-state index contributed by atoms with van der Waals surface area (Å²) in [4.78, 5) is 3.49. The number of anilines is 1. The van der Waals surface area contributed by atoms with Crippen molar-refractivity contribution in [2.75, 3.05) is 5.73 Å². The largest absolute Gasteiger partial charge is 0.507 e. The van der Waals surface area contributed by atoms with Crippen molar-refractivity contribution in [2.24, 2.45) is 0 Å². The molecular weight excluding hydrogens is 308 g/mol. The lowest BCUT2D eigenvalue weighted by Crippen LogP contribution is -1.93. The van der Waals surface area contributed by atoms with Gasteiger partial charge in [0.25, 0.3) is 0 Å². The highest BCUT2D eigenvalue weighted by Gasteiger charge is 2.16. The SMILES string of the molecule is Cc1ccc(O)c(-c2[nH]c3ccccc3c2Cc2cccc(N)c2)c1. The van der Waals surface area contributed by atoms with Crippen LogP contribution in [0.1, 0.15) is 16.7 Å². The van der Waals surface area contributed by atoms with Crippen molar-refractivity contribution in [3.8, 4) is 17.0 Å². The molecule has 0 spiro atoms. The number of para-hydroxylation sites is 1. The highest BCUT2D eigenvalue weighted by atomic mass is 16.3. The molecule has 0 bridgehead atoms. The lowest BCUT2D eigenvalue weighted by atomic mass is 9.97. The highest BCUT2D eigenvalue weighted by molar-refractivity contribution is 5.92. The Hall–Kier alpha value is -3.20. The Kier molecular flexibility index (Phi) is 3.69. The quantitative estimate of drug-likeness (QED) is 0.462. The molecule has 0 radical (unpaired) electrons. The average Bonchev–Trinajstić information content (AvgIpc) is 2.96. The summed E-state index contributed by atoms with van der Waals surface area (Å²) in [5, 5.41) is 11.6. The van der Waals surface area contributed by atoms with E-state index in [9.17, 15) is 5.11 Å². The number of aromatic nitrogens is 1. The number of nitrogens with one attached hydrogen (secondary N) is 1. The molecule has 1 heterocycles. The average molecular weight is 328 g/mol. The summed E-state index contributed by atoms with van der Waals surface area (Å²) < 4.78 is 0. The first-order chi connectivity index (χ1) is 12.1. The van der Waals surface area contributed by atoms with Crippen LogP contribution in [0.15, 0.2) is 66.7 Å². The number of fused-ring (bicyclic) bond motifs is 1. The van der Waals surface area contributed by atoms with E-state index < -0.39 is 0 Å². The van der Waals surface area contributed by atoms with Gasteiger partial charge in [-0.3, -0.25) is 0 Å². The Labute approximate surface area is 146 Å². The number of hydrogen-bond donors (Lipinski definition) is 3. The number of phenols is 1. The van der Waals surface area contributed by atoms with Gasteiger partial charge in [0, 0.05) is 28.6 Å². The second kappa shape index (κ2) is 6.02. The molecule has 0 aliphatic heterocycles. The van der Waals surface area contributed by atoms with Crippen LogP contribution in [-0.4, -0.2) is 10.1 Å². The molecule has 0 atom stereocenters. The predicted octanol–water partition coefficient (Wildman–Crippen LogP) is 5.02. The zero-order valence-electron chi connectivity index (χ0n) is 14.1. The predicted molar refractivity (Wildman–Crippen MR) is 104 cm³/mol. The van der Waals surface area contributed by atoms with E-state index >= 15 is 0 Å². The van der Waals surface area contributed by atoms with E-state index in [-0.39, 0.29) is 5.75 Å². The van der Waals surface area contributed by atoms with E-state index in [1.165, 1.54) is 10.9 Å². The van der Waals surface area contributed by atoms with Gasteiger partial charge in [-0.05, 0) is 48.4 Å². The van der Waals surface area contributed by atoms with E-state index in [1.54, 1.807) is 6.07 Å². The molecule has 0 amide bonds. The number of nitrogens with two attached hydrogens (primary N) is 1. The van der Waals surface area contributed by atoms with Gasteiger partial charge in [0.15, 0.2) is 0 Å². The number of nitrogen functional groups attached to an aromatic ring is 1. The Balaban J connectivity index is 1.93. The van der Waals surface area contributed by atoms with E-state index in [0.717, 1.165) is 40.0 Å². The molecule has 0 saturated heterocycles. The van der Waals surface area contributed by atoms with Gasteiger partial charge in [0.1, 0.15) is 5.75 Å². The lowest BCUT2D eigenvalue weighted by molar-refractivity contribution is 0.477. The molecule has 0 unspecified atom stereocenters. The maximum absolute atomic E-state index is 10.4. The van der Waals surface area contributed by atoms with Gasteiger partial charge in [-0.25, -0.2) is 0 Å². The Bertz CT molecular complexity index is 1060. The second-order valence-electron chi connectivity index (χ2n) is 6.47. The topological polar surface area (TPSA) is 62.0 Å². The minimum Gasteiger partial charge on any atom is -0.507 e. The van der Waals surface area contributed by atoms with E-state index in [4.69, 9.17) is 5.73 Å². The number of aromatic hydroxyl groups is 1. The van der Waals surface area contributed by atoms with E-state index in [1.807, 2.05) is 49.4 Å². The minimum absolute atomic E-state index is 0.283. The second-order valence-corrected chi connectivity index (χ2v) is 6.47. The molecule has 3 nitrogen and oxygen atoms in total. The third-order valence-electron chi connectivity index (χ3n) is 4.57. The summed E-state index contributed by atoms with van der Waals surface area (Å²) in [6.45, 7) is 2.03. The standard InChI is InChI=1S/C22H20N2O/c1-14-9-10-21(25)19(11-14)22-18(13-15-5-4-6-16(23)12-15)17-7-2-3-8-20(17)24-22/h2-12,24-25H,13,23H2,1H3. The summed E-state index contributed by atoms with van der Waals surface area (Å²) in [6, 6.07) is 21.9. The van der Waals surface area contributed by atoms with Crippen LogP contribution in [-0.2, 0) is 6.42 Å². The molecule has 3 heteroatoms. The van der Waals surface area contributed by atoms with Gasteiger partial charge in [-0.2, -0.15) is 0 Å². The van der Waals surface area contributed by atoms with E-state index in [0.29, 0.717) is 0 Å². The molecule has 3 aromatic carbocycles. The van der Waals surface area contributed by atoms with Crippen LogP contribution in [0.5, 0.6) is 5.75 Å². The number of hydrogen-bond acceptors (Lipinski definition) is 2. The smallest absolute Gasteiger partial charge is 0.124 e.